The number of fused-ring (bicyclic) bond motifs is 1. The molecule has 4 rings (SSSR count). The molecule has 0 bridgehead atoms. The molecule has 1 fully saturated rings. The van der Waals surface area contributed by atoms with Crippen molar-refractivity contribution in [2.24, 2.45) is 0 Å². The number of benzene rings is 2. The molecule has 34 heavy (non-hydrogen) atoms. The second-order valence-corrected chi connectivity index (χ2v) is 8.84. The monoisotopic (exact) mass is 477 g/mol. The molecule has 2 aliphatic heterocycles. The van der Waals surface area contributed by atoms with Crippen molar-refractivity contribution in [3.05, 3.63) is 82.6 Å². The summed E-state index contributed by atoms with van der Waals surface area (Å²) in [7, 11) is 0. The summed E-state index contributed by atoms with van der Waals surface area (Å²) in [6.45, 7) is 2.84. The maximum absolute atomic E-state index is 13.4. The van der Waals surface area contributed by atoms with Crippen LogP contribution >= 0.6 is 0 Å². The highest BCUT2D eigenvalue weighted by atomic mass is 19.3. The molecule has 1 amide bonds. The molecule has 0 aliphatic carbocycles. The number of piperazine rings is 1. The molecule has 1 saturated heterocycles. The average Bonchev–Trinajstić information content (AvgIpc) is 3.24. The number of alkyl halides is 4. The Kier molecular flexibility index (Phi) is 6.95. The zero-order valence-corrected chi connectivity index (χ0v) is 19.0. The van der Waals surface area contributed by atoms with Gasteiger partial charge >= 0.3 is 12.3 Å². The number of carbonyl (C=O) groups is 1. The van der Waals surface area contributed by atoms with Crippen LogP contribution in [0.4, 0.5) is 17.6 Å². The molecule has 2 aromatic carbocycles. The van der Waals surface area contributed by atoms with Crippen molar-refractivity contribution < 1.29 is 27.1 Å². The number of nitrogens with one attached hydrogen (secondary N) is 1. The molecule has 2 aliphatic rings. The first kappa shape index (κ1) is 24.2. The molecule has 0 spiro atoms. The number of hydrogen-bond acceptors (Lipinski definition) is 4. The molecular formula is C25H27F4N3O2. The number of carbonyl (C=O) groups excluding carboxylic acids is 1. The Labute approximate surface area is 196 Å². The zero-order chi connectivity index (χ0) is 24.5. The highest BCUT2D eigenvalue weighted by molar-refractivity contribution is 5.94. The molecule has 0 radical (unpaired) electrons. The highest BCUT2D eigenvalue weighted by Crippen LogP contribution is 2.32. The number of hydrazine groups is 1. The Morgan fingerprint density at radius 1 is 1.06 bits per heavy atom. The lowest BCUT2D eigenvalue weighted by Crippen LogP contribution is -2.58. The van der Waals surface area contributed by atoms with Crippen molar-refractivity contribution in [1.82, 2.24) is 15.3 Å². The summed E-state index contributed by atoms with van der Waals surface area (Å²) in [6.07, 6.45) is -2.00. The Bertz CT molecular complexity index is 1040. The molecule has 2 unspecified atom stereocenters. The van der Waals surface area contributed by atoms with E-state index in [-0.39, 0.29) is 25.1 Å². The van der Waals surface area contributed by atoms with Gasteiger partial charge in [-0.1, -0.05) is 59.7 Å². The molecular weight excluding hydrogens is 450 g/mol. The summed E-state index contributed by atoms with van der Waals surface area (Å²) < 4.78 is 56.8. The summed E-state index contributed by atoms with van der Waals surface area (Å²) in [5, 5.41) is 1.62. The molecule has 1 N–H and O–H groups in total. The SMILES string of the molecule is Cc1ccc(CN2CC(COCC(F)(F)C(F)F)N3NC(c4ccc(C)cc4)C=C3C2=O)cc1. The number of halogens is 4. The van der Waals surface area contributed by atoms with Crippen LogP contribution in [-0.2, 0) is 16.1 Å². The summed E-state index contributed by atoms with van der Waals surface area (Å²) in [5.41, 5.74) is 7.69. The summed E-state index contributed by atoms with van der Waals surface area (Å²) in [4.78, 5) is 14.9. The van der Waals surface area contributed by atoms with Crippen molar-refractivity contribution in [3.8, 4) is 0 Å². The third kappa shape index (κ3) is 5.26. The van der Waals surface area contributed by atoms with Crippen molar-refractivity contribution >= 4 is 5.91 Å². The van der Waals surface area contributed by atoms with E-state index >= 15 is 0 Å². The van der Waals surface area contributed by atoms with Crippen molar-refractivity contribution in [2.45, 2.75) is 44.8 Å². The van der Waals surface area contributed by atoms with E-state index in [4.69, 9.17) is 4.74 Å². The third-order valence-electron chi connectivity index (χ3n) is 6.02. The second-order valence-electron chi connectivity index (χ2n) is 8.84. The highest BCUT2D eigenvalue weighted by Gasteiger charge is 2.43. The maximum atomic E-state index is 13.4. The minimum Gasteiger partial charge on any atom is -0.373 e. The van der Waals surface area contributed by atoms with Crippen LogP contribution < -0.4 is 5.43 Å². The van der Waals surface area contributed by atoms with Crippen molar-refractivity contribution in [1.29, 1.82) is 0 Å². The molecule has 0 aromatic heterocycles. The first-order valence-corrected chi connectivity index (χ1v) is 11.1. The standard InChI is InChI=1S/C25H27F4N3O2/c1-16-3-7-18(8-4-16)12-31-13-20(14-34-15-25(28,29)24(26)27)32-22(23(31)33)11-21(30-32)19-9-5-17(2)6-10-19/h3-11,20-21,24,30H,12-15H2,1-2H3. The Morgan fingerprint density at radius 3 is 2.29 bits per heavy atom. The molecule has 9 heteroatoms. The van der Waals surface area contributed by atoms with E-state index in [1.54, 1.807) is 16.0 Å². The zero-order valence-electron chi connectivity index (χ0n) is 19.0. The predicted molar refractivity (Wildman–Crippen MR) is 119 cm³/mol. The maximum Gasteiger partial charge on any atom is 0.330 e. The Morgan fingerprint density at radius 2 is 1.68 bits per heavy atom. The summed E-state index contributed by atoms with van der Waals surface area (Å²) in [5.74, 6) is -4.43. The van der Waals surface area contributed by atoms with Crippen LogP contribution in [0, 0.1) is 13.8 Å². The van der Waals surface area contributed by atoms with E-state index in [0.29, 0.717) is 12.2 Å². The number of hydrogen-bond donors (Lipinski definition) is 1. The van der Waals surface area contributed by atoms with Gasteiger partial charge in [-0.3, -0.25) is 9.80 Å². The molecule has 5 nitrogen and oxygen atoms in total. The van der Waals surface area contributed by atoms with Crippen molar-refractivity contribution in [3.63, 3.8) is 0 Å². The normalized spacial score (nSPS) is 20.7. The van der Waals surface area contributed by atoms with Gasteiger partial charge in [0, 0.05) is 13.1 Å². The fourth-order valence-corrected chi connectivity index (χ4v) is 4.07. The number of amides is 1. The Hall–Kier alpha value is -2.91. The smallest absolute Gasteiger partial charge is 0.330 e. The van der Waals surface area contributed by atoms with Crippen molar-refractivity contribution in [2.75, 3.05) is 19.8 Å². The van der Waals surface area contributed by atoms with E-state index in [2.05, 4.69) is 5.43 Å². The predicted octanol–water partition coefficient (Wildman–Crippen LogP) is 4.38. The van der Waals surface area contributed by atoms with Crippen LogP contribution in [0.15, 0.2) is 60.3 Å². The van der Waals surface area contributed by atoms with Gasteiger partial charge < -0.3 is 9.64 Å². The van der Waals surface area contributed by atoms with E-state index in [1.165, 1.54) is 0 Å². The molecule has 2 atom stereocenters. The van der Waals surface area contributed by atoms with Crippen LogP contribution in [0.1, 0.15) is 28.3 Å². The molecule has 182 valence electrons. The molecule has 0 saturated carbocycles. The number of aryl methyl sites for hydroxylation is 2. The molecule has 2 aromatic rings. The van der Waals surface area contributed by atoms with Crippen LogP contribution in [0.3, 0.4) is 0 Å². The largest absolute Gasteiger partial charge is 0.373 e. The Balaban J connectivity index is 1.54. The van der Waals surface area contributed by atoms with E-state index in [0.717, 1.165) is 22.3 Å². The lowest BCUT2D eigenvalue weighted by atomic mass is 10.0. The van der Waals surface area contributed by atoms with E-state index < -0.39 is 25.0 Å². The van der Waals surface area contributed by atoms with Gasteiger partial charge in [-0.15, -0.1) is 0 Å². The van der Waals surface area contributed by atoms with Gasteiger partial charge in [0.15, 0.2) is 0 Å². The third-order valence-corrected chi connectivity index (χ3v) is 6.02. The summed E-state index contributed by atoms with van der Waals surface area (Å²) in [6, 6.07) is 14.8. The minimum absolute atomic E-state index is 0.192. The average molecular weight is 478 g/mol. The summed E-state index contributed by atoms with van der Waals surface area (Å²) >= 11 is 0. The fourth-order valence-electron chi connectivity index (χ4n) is 4.07. The van der Waals surface area contributed by atoms with E-state index in [1.807, 2.05) is 62.4 Å². The lowest BCUT2D eigenvalue weighted by molar-refractivity contribution is -0.171. The van der Waals surface area contributed by atoms with Gasteiger partial charge in [-0.2, -0.15) is 8.78 Å². The number of rotatable bonds is 8. The van der Waals surface area contributed by atoms with E-state index in [9.17, 15) is 22.4 Å². The topological polar surface area (TPSA) is 44.8 Å². The van der Waals surface area contributed by atoms with Gasteiger partial charge in [-0.25, -0.2) is 14.2 Å². The van der Waals surface area contributed by atoms with Gasteiger partial charge in [0.25, 0.3) is 5.91 Å². The molecule has 2 heterocycles. The quantitative estimate of drug-likeness (QED) is 0.574. The lowest BCUT2D eigenvalue weighted by Gasteiger charge is -2.41. The first-order valence-electron chi connectivity index (χ1n) is 11.1. The van der Waals surface area contributed by atoms with Crippen LogP contribution in [0.5, 0.6) is 0 Å². The number of nitrogens with zero attached hydrogens (tertiary/aromatic N) is 2. The minimum atomic E-state index is -4.23. The number of ether oxygens (including phenoxy) is 1. The fraction of sp³-hybridized carbons (Fsp3) is 0.400. The first-order chi connectivity index (χ1) is 16.1. The van der Waals surface area contributed by atoms with Gasteiger partial charge in [0.05, 0.1) is 18.7 Å². The van der Waals surface area contributed by atoms with Gasteiger partial charge in [0.1, 0.15) is 12.3 Å². The van der Waals surface area contributed by atoms with Gasteiger partial charge in [-0.05, 0) is 31.1 Å². The second kappa shape index (κ2) is 9.76. The van der Waals surface area contributed by atoms with Crippen LogP contribution in [-0.4, -0.2) is 54.0 Å². The van der Waals surface area contributed by atoms with Crippen LogP contribution in [0.25, 0.3) is 0 Å². The van der Waals surface area contributed by atoms with Gasteiger partial charge in [0.2, 0.25) is 0 Å². The van der Waals surface area contributed by atoms with Crippen LogP contribution in [0.2, 0.25) is 0 Å².